The molecule has 2 aromatic rings. The predicted molar refractivity (Wildman–Crippen MR) is 98.5 cm³/mol. The average molecular weight is 382 g/mol. The zero-order chi connectivity index (χ0) is 18.0. The second-order valence-corrected chi connectivity index (χ2v) is 6.89. The number of para-hydroxylation sites is 1. The van der Waals surface area contributed by atoms with Crippen LogP contribution in [-0.2, 0) is 6.42 Å². The van der Waals surface area contributed by atoms with Crippen LogP contribution in [0.1, 0.15) is 42.6 Å². The van der Waals surface area contributed by atoms with Crippen molar-refractivity contribution in [2.45, 2.75) is 38.6 Å². The third-order valence-electron chi connectivity index (χ3n) is 4.49. The Morgan fingerprint density at radius 1 is 1.32 bits per heavy atom. The number of aryl methyl sites for hydroxylation is 1. The number of carbonyl (C=O) groups excluding carboxylic acids is 1. The van der Waals surface area contributed by atoms with E-state index in [1.54, 1.807) is 27.8 Å². The minimum absolute atomic E-state index is 0.0437. The van der Waals surface area contributed by atoms with Crippen molar-refractivity contribution in [2.75, 3.05) is 13.1 Å². The molecule has 0 bridgehead atoms. The Morgan fingerprint density at radius 3 is 2.68 bits per heavy atom. The third-order valence-corrected chi connectivity index (χ3v) is 5.10. The Hall–Kier alpha value is -1.63. The lowest BCUT2D eigenvalue weighted by atomic mass is 10.0. The van der Waals surface area contributed by atoms with Gasteiger partial charge in [-0.25, -0.2) is 9.67 Å². The van der Waals surface area contributed by atoms with Gasteiger partial charge in [-0.1, -0.05) is 36.2 Å². The van der Waals surface area contributed by atoms with Crippen LogP contribution in [0.15, 0.2) is 18.2 Å². The lowest BCUT2D eigenvalue weighted by Crippen LogP contribution is -2.47. The Balaban J connectivity index is 1.99. The Kier molecular flexibility index (Phi) is 5.61. The predicted octanol–water partition coefficient (Wildman–Crippen LogP) is 3.09. The highest BCUT2D eigenvalue weighted by Gasteiger charge is 2.30. The molecule has 3 rings (SSSR count). The SMILES string of the molecule is CCc1nc(C(=O)N2CCCCC2CN)nn1-c1c(Cl)cccc1Cl. The van der Waals surface area contributed by atoms with Crippen molar-refractivity contribution >= 4 is 29.1 Å². The van der Waals surface area contributed by atoms with Crippen LogP contribution in [-0.4, -0.2) is 44.7 Å². The maximum Gasteiger partial charge on any atom is 0.293 e. The molecule has 1 amide bonds. The summed E-state index contributed by atoms with van der Waals surface area (Å²) >= 11 is 12.6. The summed E-state index contributed by atoms with van der Waals surface area (Å²) in [7, 11) is 0. The fraction of sp³-hybridized carbons (Fsp3) is 0.471. The fourth-order valence-electron chi connectivity index (χ4n) is 3.18. The van der Waals surface area contributed by atoms with Crippen molar-refractivity contribution in [3.63, 3.8) is 0 Å². The molecule has 1 aromatic heterocycles. The monoisotopic (exact) mass is 381 g/mol. The molecule has 0 saturated carbocycles. The van der Waals surface area contributed by atoms with Crippen molar-refractivity contribution < 1.29 is 4.79 Å². The summed E-state index contributed by atoms with van der Waals surface area (Å²) in [6, 6.07) is 5.28. The van der Waals surface area contributed by atoms with Gasteiger partial charge in [-0.15, -0.1) is 5.10 Å². The number of carbonyl (C=O) groups is 1. The van der Waals surface area contributed by atoms with Crippen LogP contribution in [0.2, 0.25) is 10.0 Å². The number of aromatic nitrogens is 3. The zero-order valence-corrected chi connectivity index (χ0v) is 15.6. The molecule has 8 heteroatoms. The molecule has 6 nitrogen and oxygen atoms in total. The lowest BCUT2D eigenvalue weighted by Gasteiger charge is -2.34. The van der Waals surface area contributed by atoms with Gasteiger partial charge in [0.2, 0.25) is 5.82 Å². The molecular weight excluding hydrogens is 361 g/mol. The smallest absolute Gasteiger partial charge is 0.293 e. The highest BCUT2D eigenvalue weighted by Crippen LogP contribution is 2.29. The molecule has 2 heterocycles. The van der Waals surface area contributed by atoms with Gasteiger partial charge in [-0.05, 0) is 31.4 Å². The number of nitrogens with two attached hydrogens (primary N) is 1. The van der Waals surface area contributed by atoms with Gasteiger partial charge in [-0.3, -0.25) is 4.79 Å². The molecule has 1 saturated heterocycles. The maximum absolute atomic E-state index is 12.9. The van der Waals surface area contributed by atoms with Gasteiger partial charge in [-0.2, -0.15) is 0 Å². The number of amides is 1. The number of likely N-dealkylation sites (tertiary alicyclic amines) is 1. The van der Waals surface area contributed by atoms with E-state index in [1.807, 2.05) is 6.92 Å². The van der Waals surface area contributed by atoms with Crippen LogP contribution in [0.25, 0.3) is 5.69 Å². The van der Waals surface area contributed by atoms with E-state index in [0.717, 1.165) is 19.3 Å². The summed E-state index contributed by atoms with van der Waals surface area (Å²) in [6.45, 7) is 3.08. The zero-order valence-electron chi connectivity index (χ0n) is 14.1. The topological polar surface area (TPSA) is 77.0 Å². The number of nitrogens with zero attached hydrogens (tertiary/aromatic N) is 4. The van der Waals surface area contributed by atoms with Gasteiger partial charge in [0.1, 0.15) is 11.5 Å². The minimum atomic E-state index is -0.188. The van der Waals surface area contributed by atoms with Gasteiger partial charge < -0.3 is 10.6 Å². The van der Waals surface area contributed by atoms with Crippen LogP contribution in [0, 0.1) is 0 Å². The Morgan fingerprint density at radius 2 is 2.04 bits per heavy atom. The van der Waals surface area contributed by atoms with E-state index < -0.39 is 0 Å². The van der Waals surface area contributed by atoms with Crippen molar-refractivity contribution in [1.82, 2.24) is 19.7 Å². The van der Waals surface area contributed by atoms with Crippen LogP contribution in [0.3, 0.4) is 0 Å². The largest absolute Gasteiger partial charge is 0.332 e. The first kappa shape index (κ1) is 18.2. The number of halogens is 2. The number of piperidine rings is 1. The molecule has 0 spiro atoms. The normalized spacial score (nSPS) is 17.8. The van der Waals surface area contributed by atoms with Crippen LogP contribution >= 0.6 is 23.2 Å². The lowest BCUT2D eigenvalue weighted by molar-refractivity contribution is 0.0610. The Labute approximate surface area is 156 Å². The molecule has 1 atom stereocenters. The van der Waals surface area contributed by atoms with Crippen LogP contribution in [0.5, 0.6) is 0 Å². The molecule has 1 aliphatic heterocycles. The quantitative estimate of drug-likeness (QED) is 0.882. The first-order valence-corrected chi connectivity index (χ1v) is 9.23. The summed E-state index contributed by atoms with van der Waals surface area (Å²) < 4.78 is 1.57. The minimum Gasteiger partial charge on any atom is -0.332 e. The van der Waals surface area contributed by atoms with Gasteiger partial charge in [0.05, 0.1) is 10.0 Å². The molecular formula is C17H21Cl2N5O. The van der Waals surface area contributed by atoms with Crippen molar-refractivity contribution in [3.05, 3.63) is 39.9 Å². The van der Waals surface area contributed by atoms with E-state index in [-0.39, 0.29) is 17.8 Å². The summed E-state index contributed by atoms with van der Waals surface area (Å²) in [5.74, 6) is 0.611. The first-order chi connectivity index (χ1) is 12.1. The standard InChI is InChI=1S/C17H21Cl2N5O/c1-2-14-21-16(17(25)23-9-4-3-6-11(23)10-20)22-24(14)15-12(18)7-5-8-13(15)19/h5,7-8,11H,2-4,6,9-10,20H2,1H3. The second-order valence-electron chi connectivity index (χ2n) is 6.07. The molecule has 1 aromatic carbocycles. The second kappa shape index (κ2) is 7.72. The molecule has 0 aliphatic carbocycles. The molecule has 1 fully saturated rings. The van der Waals surface area contributed by atoms with E-state index in [4.69, 9.17) is 28.9 Å². The number of rotatable bonds is 4. The number of hydrogen-bond acceptors (Lipinski definition) is 4. The maximum atomic E-state index is 12.9. The molecule has 0 radical (unpaired) electrons. The summed E-state index contributed by atoms with van der Waals surface area (Å²) in [4.78, 5) is 19.1. The van der Waals surface area contributed by atoms with E-state index in [9.17, 15) is 4.79 Å². The van der Waals surface area contributed by atoms with E-state index in [1.165, 1.54) is 0 Å². The first-order valence-electron chi connectivity index (χ1n) is 8.48. The van der Waals surface area contributed by atoms with Gasteiger partial charge in [0.15, 0.2) is 0 Å². The highest BCUT2D eigenvalue weighted by atomic mass is 35.5. The summed E-state index contributed by atoms with van der Waals surface area (Å²) in [5, 5.41) is 5.35. The van der Waals surface area contributed by atoms with E-state index in [2.05, 4.69) is 10.1 Å². The highest BCUT2D eigenvalue weighted by molar-refractivity contribution is 6.37. The Bertz CT molecular complexity index is 756. The van der Waals surface area contributed by atoms with Gasteiger partial charge in [0, 0.05) is 25.6 Å². The van der Waals surface area contributed by atoms with Gasteiger partial charge >= 0.3 is 0 Å². The summed E-state index contributed by atoms with van der Waals surface area (Å²) in [5.41, 5.74) is 6.37. The molecule has 134 valence electrons. The third kappa shape index (κ3) is 3.52. The van der Waals surface area contributed by atoms with Crippen molar-refractivity contribution in [2.24, 2.45) is 5.73 Å². The summed E-state index contributed by atoms with van der Waals surface area (Å²) in [6.07, 6.45) is 3.57. The molecule has 25 heavy (non-hydrogen) atoms. The van der Waals surface area contributed by atoms with Crippen molar-refractivity contribution in [1.29, 1.82) is 0 Å². The molecule has 1 aliphatic rings. The number of benzene rings is 1. The fourth-order valence-corrected chi connectivity index (χ4v) is 3.73. The number of hydrogen-bond donors (Lipinski definition) is 1. The van der Waals surface area contributed by atoms with E-state index >= 15 is 0 Å². The molecule has 1 unspecified atom stereocenters. The van der Waals surface area contributed by atoms with Crippen LogP contribution in [0.4, 0.5) is 0 Å². The van der Waals surface area contributed by atoms with Crippen LogP contribution < -0.4 is 5.73 Å². The molecule has 2 N–H and O–H groups in total. The van der Waals surface area contributed by atoms with Gasteiger partial charge in [0.25, 0.3) is 5.91 Å². The van der Waals surface area contributed by atoms with Crippen molar-refractivity contribution in [3.8, 4) is 5.69 Å². The average Bonchev–Trinajstić information content (AvgIpc) is 3.05. The van der Waals surface area contributed by atoms with E-state index in [0.29, 0.717) is 41.1 Å².